The molecule has 1 N–H and O–H groups in total. The van der Waals surface area contributed by atoms with Gasteiger partial charge in [0.05, 0.1) is 34.8 Å². The van der Waals surface area contributed by atoms with Gasteiger partial charge in [0.25, 0.3) is 5.56 Å². The molecular formula is C19H17N5O2. The number of benzene rings is 2. The van der Waals surface area contributed by atoms with Crippen molar-refractivity contribution in [3.05, 3.63) is 71.0 Å². The van der Waals surface area contributed by atoms with E-state index in [9.17, 15) is 9.59 Å². The highest BCUT2D eigenvalue weighted by Gasteiger charge is 2.10. The first-order valence-corrected chi connectivity index (χ1v) is 8.25. The molecule has 0 radical (unpaired) electrons. The van der Waals surface area contributed by atoms with E-state index in [1.165, 1.54) is 10.9 Å². The van der Waals surface area contributed by atoms with Crippen LogP contribution in [0.4, 0.5) is 0 Å². The predicted molar refractivity (Wildman–Crippen MR) is 98.6 cm³/mol. The van der Waals surface area contributed by atoms with E-state index in [1.807, 2.05) is 41.9 Å². The standard InChI is InChI=1S/C19H17N5O2/c1-23-16-9-5-4-8-15(16)22-17(23)10-20-18(25)11-24-12-21-14-7-3-2-6-13(14)19(24)26/h2-9,12H,10-11H2,1H3,(H,20,25). The molecule has 0 saturated carbocycles. The van der Waals surface area contributed by atoms with Crippen LogP contribution in [0.15, 0.2) is 59.7 Å². The minimum atomic E-state index is -0.267. The number of hydrogen-bond donors (Lipinski definition) is 1. The van der Waals surface area contributed by atoms with Crippen molar-refractivity contribution < 1.29 is 4.79 Å². The average Bonchev–Trinajstić information content (AvgIpc) is 2.99. The minimum absolute atomic E-state index is 0.0827. The zero-order valence-corrected chi connectivity index (χ0v) is 14.2. The fourth-order valence-electron chi connectivity index (χ4n) is 2.96. The van der Waals surface area contributed by atoms with Crippen molar-refractivity contribution in [1.82, 2.24) is 24.4 Å². The number of fused-ring (bicyclic) bond motifs is 2. The van der Waals surface area contributed by atoms with Crippen LogP contribution >= 0.6 is 0 Å². The number of aromatic nitrogens is 4. The molecule has 2 heterocycles. The van der Waals surface area contributed by atoms with Crippen molar-refractivity contribution in [2.45, 2.75) is 13.1 Å². The van der Waals surface area contributed by atoms with Crippen LogP contribution in [0.5, 0.6) is 0 Å². The van der Waals surface area contributed by atoms with Gasteiger partial charge in [0.2, 0.25) is 5.91 Å². The van der Waals surface area contributed by atoms with E-state index in [0.29, 0.717) is 17.4 Å². The van der Waals surface area contributed by atoms with Gasteiger partial charge in [-0.15, -0.1) is 0 Å². The Balaban J connectivity index is 1.50. The fourth-order valence-corrected chi connectivity index (χ4v) is 2.96. The molecule has 0 unspecified atom stereocenters. The zero-order chi connectivity index (χ0) is 18.1. The summed E-state index contributed by atoms with van der Waals surface area (Å²) >= 11 is 0. The number of nitrogens with one attached hydrogen (secondary N) is 1. The Morgan fingerprint density at radius 1 is 1.08 bits per heavy atom. The van der Waals surface area contributed by atoms with Gasteiger partial charge in [0, 0.05) is 7.05 Å². The molecule has 0 atom stereocenters. The van der Waals surface area contributed by atoms with Gasteiger partial charge in [0.1, 0.15) is 12.4 Å². The number of para-hydroxylation sites is 3. The number of carbonyl (C=O) groups is 1. The number of nitrogens with zero attached hydrogens (tertiary/aromatic N) is 4. The third-order valence-corrected chi connectivity index (χ3v) is 4.37. The third-order valence-electron chi connectivity index (χ3n) is 4.37. The second-order valence-corrected chi connectivity index (χ2v) is 6.05. The van der Waals surface area contributed by atoms with Crippen LogP contribution in [0.25, 0.3) is 21.9 Å². The van der Waals surface area contributed by atoms with Crippen LogP contribution in [0, 0.1) is 0 Å². The highest BCUT2D eigenvalue weighted by Crippen LogP contribution is 2.13. The lowest BCUT2D eigenvalue weighted by Gasteiger charge is -2.08. The third kappa shape index (κ3) is 2.83. The molecule has 2 aromatic carbocycles. The van der Waals surface area contributed by atoms with Crippen LogP contribution in [-0.2, 0) is 24.9 Å². The van der Waals surface area contributed by atoms with Crippen molar-refractivity contribution in [2.24, 2.45) is 7.05 Å². The van der Waals surface area contributed by atoms with Crippen molar-refractivity contribution >= 4 is 27.8 Å². The Hall–Kier alpha value is -3.48. The predicted octanol–water partition coefficient (Wildman–Crippen LogP) is 1.60. The van der Waals surface area contributed by atoms with E-state index in [-0.39, 0.29) is 18.0 Å². The topological polar surface area (TPSA) is 81.8 Å². The number of amides is 1. The molecule has 4 rings (SSSR count). The first-order valence-electron chi connectivity index (χ1n) is 8.25. The normalized spacial score (nSPS) is 11.1. The Morgan fingerprint density at radius 3 is 2.62 bits per heavy atom. The molecule has 0 aliphatic rings. The quantitative estimate of drug-likeness (QED) is 0.608. The van der Waals surface area contributed by atoms with E-state index >= 15 is 0 Å². The van der Waals surface area contributed by atoms with Crippen LogP contribution in [0.1, 0.15) is 5.82 Å². The van der Waals surface area contributed by atoms with Crippen LogP contribution in [0.3, 0.4) is 0 Å². The summed E-state index contributed by atoms with van der Waals surface area (Å²) in [6, 6.07) is 14.9. The van der Waals surface area contributed by atoms with Crippen LogP contribution in [-0.4, -0.2) is 25.0 Å². The zero-order valence-electron chi connectivity index (χ0n) is 14.2. The summed E-state index contributed by atoms with van der Waals surface area (Å²) in [5.74, 6) is 0.486. The lowest BCUT2D eigenvalue weighted by Crippen LogP contribution is -2.32. The molecule has 26 heavy (non-hydrogen) atoms. The SMILES string of the molecule is Cn1c(CNC(=O)Cn2cnc3ccccc3c2=O)nc2ccccc21. The molecule has 0 aliphatic carbocycles. The number of rotatable bonds is 4. The van der Waals surface area contributed by atoms with Gasteiger partial charge >= 0.3 is 0 Å². The fraction of sp³-hybridized carbons (Fsp3) is 0.158. The monoisotopic (exact) mass is 347 g/mol. The van der Waals surface area contributed by atoms with Gasteiger partial charge in [-0.3, -0.25) is 14.2 Å². The van der Waals surface area contributed by atoms with Crippen molar-refractivity contribution in [1.29, 1.82) is 0 Å². The average molecular weight is 347 g/mol. The lowest BCUT2D eigenvalue weighted by molar-refractivity contribution is -0.121. The van der Waals surface area contributed by atoms with Gasteiger partial charge in [-0.1, -0.05) is 24.3 Å². The van der Waals surface area contributed by atoms with Gasteiger partial charge in [0.15, 0.2) is 0 Å². The Morgan fingerprint density at radius 2 is 1.81 bits per heavy atom. The van der Waals surface area contributed by atoms with Crippen LogP contribution < -0.4 is 10.9 Å². The number of imidazole rings is 1. The molecule has 0 spiro atoms. The maximum absolute atomic E-state index is 12.4. The number of hydrogen-bond acceptors (Lipinski definition) is 4. The lowest BCUT2D eigenvalue weighted by atomic mass is 10.2. The first kappa shape index (κ1) is 16.0. The molecule has 0 fully saturated rings. The van der Waals surface area contributed by atoms with Crippen molar-refractivity contribution in [2.75, 3.05) is 0 Å². The summed E-state index contributed by atoms with van der Waals surface area (Å²) in [5, 5.41) is 3.31. The Labute approximate surface area is 148 Å². The largest absolute Gasteiger partial charge is 0.347 e. The van der Waals surface area contributed by atoms with Crippen molar-refractivity contribution in [3.8, 4) is 0 Å². The highest BCUT2D eigenvalue weighted by atomic mass is 16.2. The molecule has 7 nitrogen and oxygen atoms in total. The Kier molecular flexibility index (Phi) is 3.96. The van der Waals surface area contributed by atoms with Gasteiger partial charge < -0.3 is 9.88 Å². The molecule has 2 aromatic heterocycles. The molecule has 0 saturated heterocycles. The molecule has 130 valence electrons. The van der Waals surface area contributed by atoms with Crippen molar-refractivity contribution in [3.63, 3.8) is 0 Å². The highest BCUT2D eigenvalue weighted by molar-refractivity contribution is 5.79. The summed E-state index contributed by atoms with van der Waals surface area (Å²) in [6.45, 7) is 0.209. The smallest absolute Gasteiger partial charge is 0.261 e. The number of aryl methyl sites for hydroxylation is 1. The maximum Gasteiger partial charge on any atom is 0.261 e. The van der Waals surface area contributed by atoms with Gasteiger partial charge in [-0.2, -0.15) is 0 Å². The second kappa shape index (κ2) is 6.44. The molecule has 4 aromatic rings. The second-order valence-electron chi connectivity index (χ2n) is 6.05. The summed E-state index contributed by atoms with van der Waals surface area (Å²) in [4.78, 5) is 33.4. The molecular weight excluding hydrogens is 330 g/mol. The van der Waals surface area contributed by atoms with Gasteiger partial charge in [-0.05, 0) is 24.3 Å². The molecule has 1 amide bonds. The summed E-state index contributed by atoms with van der Waals surface area (Å²) < 4.78 is 3.26. The van der Waals surface area contributed by atoms with Crippen LogP contribution in [0.2, 0.25) is 0 Å². The minimum Gasteiger partial charge on any atom is -0.347 e. The molecule has 7 heteroatoms. The Bertz CT molecular complexity index is 1180. The van der Waals surface area contributed by atoms with Gasteiger partial charge in [-0.25, -0.2) is 9.97 Å². The summed E-state index contributed by atoms with van der Waals surface area (Å²) in [7, 11) is 1.91. The molecule has 0 aliphatic heterocycles. The van der Waals surface area contributed by atoms with E-state index in [1.54, 1.807) is 18.2 Å². The van der Waals surface area contributed by atoms with E-state index < -0.39 is 0 Å². The number of carbonyl (C=O) groups excluding carboxylic acids is 1. The van der Waals surface area contributed by atoms with E-state index in [4.69, 9.17) is 0 Å². The first-order chi connectivity index (χ1) is 12.6. The maximum atomic E-state index is 12.4. The van der Waals surface area contributed by atoms with E-state index in [0.717, 1.165) is 16.9 Å². The molecule has 0 bridgehead atoms. The summed E-state index contributed by atoms with van der Waals surface area (Å²) in [5.41, 5.74) is 2.28. The summed E-state index contributed by atoms with van der Waals surface area (Å²) in [6.07, 6.45) is 1.40. The van der Waals surface area contributed by atoms with E-state index in [2.05, 4.69) is 15.3 Å².